The number of benzene rings is 2. The minimum absolute atomic E-state index is 0.342. The van der Waals surface area contributed by atoms with E-state index < -0.39 is 34.8 Å². The summed E-state index contributed by atoms with van der Waals surface area (Å²) in [7, 11) is -3.56. The zero-order chi connectivity index (χ0) is 69.0. The van der Waals surface area contributed by atoms with Crippen molar-refractivity contribution in [2.24, 2.45) is 5.41 Å². The SMILES string of the molecule is CCCCCCCCCCCCOP(OCCCCCCCCCCCC)OC(C)C(Cc1cc(C(C)(C)C)c(O)c(C(C)(C)C)c1)(Cc1cc(C(C)(C)C)c(O)c(C(C)(C)C)c1)C(C)OP(OCCCCCCCCCCCC)OCCCCCCCCCCCC. The summed E-state index contributed by atoms with van der Waals surface area (Å²) in [4.78, 5) is 0. The number of hydrogen-bond acceptors (Lipinski definition) is 8. The van der Waals surface area contributed by atoms with Crippen LogP contribution in [-0.4, -0.2) is 48.8 Å². The van der Waals surface area contributed by atoms with Crippen LogP contribution in [0.3, 0.4) is 0 Å². The normalized spacial score (nSPS) is 13.5. The lowest BCUT2D eigenvalue weighted by Gasteiger charge is -2.45. The van der Waals surface area contributed by atoms with Gasteiger partial charge in [0.25, 0.3) is 0 Å². The molecule has 10 heteroatoms. The van der Waals surface area contributed by atoms with Crippen LogP contribution in [0.1, 0.15) is 415 Å². The average molecular weight is 1340 g/mol. The quantitative estimate of drug-likeness (QED) is 0.0500. The molecule has 0 saturated carbocycles. The van der Waals surface area contributed by atoms with Crippen LogP contribution in [0.25, 0.3) is 0 Å². The monoisotopic (exact) mass is 1340 g/mol. The molecule has 2 aromatic rings. The molecular formula is C83H154O8P2. The van der Waals surface area contributed by atoms with Gasteiger partial charge in [0.1, 0.15) is 11.5 Å². The number of unbranched alkanes of at least 4 members (excludes halogenated alkanes) is 36. The van der Waals surface area contributed by atoms with Gasteiger partial charge in [0.05, 0.1) is 38.6 Å². The molecule has 2 unspecified atom stereocenters. The standard InChI is InChI=1S/C83H154O8P2/c1-19-23-27-31-35-39-43-47-51-55-59-86-92(87-60-56-52-48-44-40-36-32-28-24-20-2)90-69(5)83(67-71-63-73(79(7,8)9)77(84)74(64-71)80(10,11)12,68-72-65-75(81(13,14)15)78(85)76(66-72)82(16,17)18)70(6)91-93(88-61-57-53-49-45-41-37-33-29-25-21-3)89-62-58-54-50-46-42-38-34-30-26-22-4/h63-66,69-70,84-85H,19-62,67-68H2,1-18H3. The minimum Gasteiger partial charge on any atom is -0.507 e. The molecule has 0 aliphatic rings. The molecule has 0 aliphatic carbocycles. The van der Waals surface area contributed by atoms with Gasteiger partial charge in [-0.2, -0.15) is 0 Å². The van der Waals surface area contributed by atoms with Gasteiger partial charge in [-0.1, -0.05) is 366 Å². The number of rotatable bonds is 58. The van der Waals surface area contributed by atoms with Gasteiger partial charge in [0, 0.05) is 5.41 Å². The summed E-state index contributed by atoms with van der Waals surface area (Å²) in [6, 6.07) is 9.04. The fourth-order valence-corrected chi connectivity index (χ4v) is 15.6. The minimum atomic E-state index is -1.78. The summed E-state index contributed by atoms with van der Waals surface area (Å²) in [5.74, 6) is 0.740. The topological polar surface area (TPSA) is 95.8 Å². The summed E-state index contributed by atoms with van der Waals surface area (Å²) in [6.45, 7) is 42.5. The van der Waals surface area contributed by atoms with Crippen LogP contribution >= 0.6 is 17.2 Å². The molecule has 544 valence electrons. The molecule has 0 fully saturated rings. The molecule has 0 heterocycles. The molecular weight excluding hydrogens is 1190 g/mol. The lowest BCUT2D eigenvalue weighted by atomic mass is 9.67. The molecule has 93 heavy (non-hydrogen) atoms. The van der Waals surface area contributed by atoms with E-state index >= 15 is 0 Å². The highest BCUT2D eigenvalue weighted by Gasteiger charge is 2.47. The van der Waals surface area contributed by atoms with E-state index in [1.807, 2.05) is 0 Å². The van der Waals surface area contributed by atoms with Crippen LogP contribution in [0.4, 0.5) is 0 Å². The first-order valence-corrected chi connectivity index (χ1v) is 41.6. The highest BCUT2D eigenvalue weighted by atomic mass is 31.2. The number of phenols is 2. The van der Waals surface area contributed by atoms with Gasteiger partial charge in [0.2, 0.25) is 0 Å². The second kappa shape index (κ2) is 50.1. The molecule has 0 saturated heterocycles. The van der Waals surface area contributed by atoms with Gasteiger partial charge in [-0.05, 0) is 107 Å². The fraction of sp³-hybridized carbons (Fsp3) is 0.855. The first-order valence-electron chi connectivity index (χ1n) is 39.5. The Morgan fingerprint density at radius 3 is 0.634 bits per heavy atom. The second-order valence-electron chi connectivity index (χ2n) is 32.7. The maximum Gasteiger partial charge on any atom is 0.332 e. The molecule has 0 amide bonds. The average Bonchev–Trinajstić information content (AvgIpc) is 0.764. The Kier molecular flexibility index (Phi) is 47.2. The molecule has 0 bridgehead atoms. The van der Waals surface area contributed by atoms with Gasteiger partial charge in [-0.25, -0.2) is 0 Å². The van der Waals surface area contributed by atoms with E-state index in [1.54, 1.807) is 0 Å². The van der Waals surface area contributed by atoms with E-state index in [4.69, 9.17) is 27.1 Å². The van der Waals surface area contributed by atoms with Crippen LogP contribution in [0, 0.1) is 5.41 Å². The van der Waals surface area contributed by atoms with Crippen LogP contribution < -0.4 is 0 Å². The zero-order valence-electron chi connectivity index (χ0n) is 64.7. The number of hydrogen-bond donors (Lipinski definition) is 2. The van der Waals surface area contributed by atoms with E-state index in [0.717, 1.165) is 84.7 Å². The van der Waals surface area contributed by atoms with Crippen LogP contribution in [0.2, 0.25) is 0 Å². The summed E-state index contributed by atoms with van der Waals surface area (Å²) in [5.41, 5.74) is 3.78. The largest absolute Gasteiger partial charge is 0.507 e. The van der Waals surface area contributed by atoms with Crippen molar-refractivity contribution in [1.82, 2.24) is 0 Å². The molecule has 0 radical (unpaired) electrons. The van der Waals surface area contributed by atoms with E-state index in [9.17, 15) is 10.2 Å². The van der Waals surface area contributed by atoms with E-state index in [-0.39, 0.29) is 21.7 Å². The Labute approximate surface area is 580 Å². The Hall–Kier alpha value is -1.34. The first-order chi connectivity index (χ1) is 44.3. The third-order valence-electron chi connectivity index (χ3n) is 19.5. The van der Waals surface area contributed by atoms with Crippen molar-refractivity contribution in [3.05, 3.63) is 57.6 Å². The zero-order valence-corrected chi connectivity index (χ0v) is 66.5. The highest BCUT2D eigenvalue weighted by Crippen LogP contribution is 2.54. The Morgan fingerprint density at radius 2 is 0.462 bits per heavy atom. The van der Waals surface area contributed by atoms with Crippen LogP contribution in [0.5, 0.6) is 11.5 Å². The van der Waals surface area contributed by atoms with Gasteiger partial charge in [0.15, 0.2) is 0 Å². The lowest BCUT2D eigenvalue weighted by Crippen LogP contribution is -2.48. The molecule has 0 aliphatic heterocycles. The van der Waals surface area contributed by atoms with Crippen molar-refractivity contribution in [2.75, 3.05) is 26.4 Å². The summed E-state index contributed by atoms with van der Waals surface area (Å²) in [5, 5.41) is 24.6. The van der Waals surface area contributed by atoms with Crippen molar-refractivity contribution in [3.63, 3.8) is 0 Å². The predicted molar refractivity (Wildman–Crippen MR) is 407 cm³/mol. The molecule has 0 aromatic heterocycles. The molecule has 2 rings (SSSR count). The molecule has 2 N–H and O–H groups in total. The number of aromatic hydroxyl groups is 2. The van der Waals surface area contributed by atoms with Crippen molar-refractivity contribution >= 4 is 17.2 Å². The Morgan fingerprint density at radius 1 is 0.290 bits per heavy atom. The molecule has 8 nitrogen and oxygen atoms in total. The fourth-order valence-electron chi connectivity index (χ4n) is 13.2. The van der Waals surface area contributed by atoms with E-state index in [2.05, 4.69) is 149 Å². The maximum absolute atomic E-state index is 12.3. The first kappa shape index (κ1) is 87.7. The lowest BCUT2D eigenvalue weighted by molar-refractivity contribution is -0.0472. The van der Waals surface area contributed by atoms with Gasteiger partial charge in [-0.15, -0.1) is 0 Å². The number of phenolic OH excluding ortho intramolecular Hbond substituents is 2. The Bertz CT molecular complexity index is 1860. The van der Waals surface area contributed by atoms with E-state index in [0.29, 0.717) is 50.8 Å². The predicted octanol–water partition coefficient (Wildman–Crippen LogP) is 28.1. The molecule has 2 aromatic carbocycles. The summed E-state index contributed by atoms with van der Waals surface area (Å²) >= 11 is 0. The van der Waals surface area contributed by atoms with Gasteiger partial charge >= 0.3 is 17.2 Å². The highest BCUT2D eigenvalue weighted by molar-refractivity contribution is 7.42. The summed E-state index contributed by atoms with van der Waals surface area (Å²) < 4.78 is 42.9. The van der Waals surface area contributed by atoms with Gasteiger partial charge in [-0.3, -0.25) is 0 Å². The van der Waals surface area contributed by atoms with Crippen molar-refractivity contribution in [2.45, 2.75) is 428 Å². The Balaban J connectivity index is 2.90. The van der Waals surface area contributed by atoms with Crippen molar-refractivity contribution < 1.29 is 37.4 Å². The third-order valence-corrected chi connectivity index (χ3v) is 22.1. The summed E-state index contributed by atoms with van der Waals surface area (Å²) in [6.07, 6.45) is 50.4. The smallest absolute Gasteiger partial charge is 0.332 e. The third kappa shape index (κ3) is 38.2. The van der Waals surface area contributed by atoms with Crippen molar-refractivity contribution in [3.8, 4) is 11.5 Å². The molecule has 0 spiro atoms. The maximum atomic E-state index is 12.3. The van der Waals surface area contributed by atoms with Gasteiger partial charge < -0.3 is 37.4 Å². The molecule has 2 atom stereocenters. The van der Waals surface area contributed by atoms with Crippen LogP contribution in [-0.2, 0) is 61.6 Å². The second-order valence-corrected chi connectivity index (χ2v) is 35.0. The van der Waals surface area contributed by atoms with Crippen LogP contribution in [0.15, 0.2) is 24.3 Å². The van der Waals surface area contributed by atoms with Crippen molar-refractivity contribution in [1.29, 1.82) is 0 Å². The van der Waals surface area contributed by atoms with E-state index in [1.165, 1.54) is 205 Å².